The molecular formula is C21H21N3O8S2. The van der Waals surface area contributed by atoms with Crippen LogP contribution in [-0.2, 0) is 26.1 Å². The summed E-state index contributed by atoms with van der Waals surface area (Å²) in [6.45, 7) is 1.25. The van der Waals surface area contributed by atoms with Gasteiger partial charge < -0.3 is 18.6 Å². The molecule has 2 aromatic heterocycles. The lowest BCUT2D eigenvalue weighted by atomic mass is 10.2. The number of nitrogens with zero attached hydrogens (tertiary/aromatic N) is 2. The quantitative estimate of drug-likeness (QED) is 0.189. The number of methoxy groups -OCH3 is 2. The third-order valence-electron chi connectivity index (χ3n) is 4.18. The minimum absolute atomic E-state index is 0.0331. The molecule has 3 aromatic rings. The topological polar surface area (TPSA) is 146 Å². The summed E-state index contributed by atoms with van der Waals surface area (Å²) in [5, 5.41) is 5.60. The molecule has 0 aliphatic carbocycles. The van der Waals surface area contributed by atoms with Crippen LogP contribution in [0.2, 0.25) is 0 Å². The first kappa shape index (κ1) is 24.9. The maximum atomic E-state index is 12.3. The summed E-state index contributed by atoms with van der Waals surface area (Å²) in [6.07, 6.45) is 2.74. The second-order valence-electron chi connectivity index (χ2n) is 6.79. The van der Waals surface area contributed by atoms with Crippen LogP contribution >= 0.6 is 11.3 Å². The van der Waals surface area contributed by atoms with Gasteiger partial charge in [-0.3, -0.25) is 9.59 Å². The number of hydrazone groups is 1. The van der Waals surface area contributed by atoms with Crippen LogP contribution in [0.25, 0.3) is 0 Å². The molecule has 1 aromatic carbocycles. The minimum atomic E-state index is -3.51. The molecular weight excluding hydrogens is 486 g/mol. The van der Waals surface area contributed by atoms with E-state index in [1.165, 1.54) is 39.0 Å². The number of hydrogen-bond donors (Lipinski definition) is 1. The number of thiazole rings is 1. The SMILES string of the molecule is COc1cc(C=NNC(=O)c2csc(CS(=O)(=O)Cc3ccco3)n2)cc(OC)c1OC(C)=O. The zero-order valence-electron chi connectivity index (χ0n) is 18.4. The Hall–Kier alpha value is -3.71. The number of benzene rings is 1. The van der Waals surface area contributed by atoms with Gasteiger partial charge >= 0.3 is 5.97 Å². The van der Waals surface area contributed by atoms with Gasteiger partial charge in [-0.2, -0.15) is 5.10 Å². The van der Waals surface area contributed by atoms with Gasteiger partial charge in [-0.05, 0) is 24.3 Å². The number of hydrogen-bond acceptors (Lipinski definition) is 11. The van der Waals surface area contributed by atoms with Crippen LogP contribution in [0, 0.1) is 0 Å². The highest BCUT2D eigenvalue weighted by Crippen LogP contribution is 2.38. The van der Waals surface area contributed by atoms with Crippen molar-refractivity contribution in [1.29, 1.82) is 0 Å². The van der Waals surface area contributed by atoms with Gasteiger partial charge in [0, 0.05) is 17.9 Å². The molecule has 0 fully saturated rings. The molecule has 3 rings (SSSR count). The van der Waals surface area contributed by atoms with Crippen molar-refractivity contribution in [3.8, 4) is 17.2 Å². The van der Waals surface area contributed by atoms with Gasteiger partial charge in [0.1, 0.15) is 28.0 Å². The molecule has 0 unspecified atom stereocenters. The maximum absolute atomic E-state index is 12.3. The van der Waals surface area contributed by atoms with Gasteiger partial charge in [0.25, 0.3) is 5.91 Å². The number of ether oxygens (including phenoxy) is 3. The van der Waals surface area contributed by atoms with E-state index >= 15 is 0 Å². The Morgan fingerprint density at radius 2 is 1.91 bits per heavy atom. The average molecular weight is 508 g/mol. The molecule has 2 heterocycles. The molecule has 0 saturated carbocycles. The van der Waals surface area contributed by atoms with Crippen LogP contribution in [0.1, 0.15) is 33.7 Å². The zero-order chi connectivity index (χ0) is 24.7. The number of aromatic nitrogens is 1. The van der Waals surface area contributed by atoms with Gasteiger partial charge in [-0.15, -0.1) is 11.3 Å². The average Bonchev–Trinajstić information content (AvgIpc) is 3.45. The number of carbonyl (C=O) groups excluding carboxylic acids is 2. The predicted octanol–water partition coefficient (Wildman–Crippen LogP) is 2.56. The summed E-state index contributed by atoms with van der Waals surface area (Å²) in [5.41, 5.74) is 2.85. The second kappa shape index (κ2) is 10.9. The molecule has 1 N–H and O–H groups in total. The monoisotopic (exact) mass is 507 g/mol. The summed E-state index contributed by atoms with van der Waals surface area (Å²) in [4.78, 5) is 27.7. The van der Waals surface area contributed by atoms with E-state index in [1.807, 2.05) is 0 Å². The summed E-state index contributed by atoms with van der Waals surface area (Å²) >= 11 is 1.06. The Morgan fingerprint density at radius 3 is 2.50 bits per heavy atom. The summed E-state index contributed by atoms with van der Waals surface area (Å²) < 4.78 is 45.2. The Labute approximate surface area is 199 Å². The molecule has 1 amide bonds. The molecule has 0 bridgehead atoms. The lowest BCUT2D eigenvalue weighted by molar-refractivity contribution is -0.132. The number of furan rings is 1. The molecule has 0 aliphatic rings. The van der Waals surface area contributed by atoms with Crippen LogP contribution in [0.4, 0.5) is 0 Å². The van der Waals surface area contributed by atoms with Gasteiger partial charge in [0.15, 0.2) is 21.3 Å². The fourth-order valence-electron chi connectivity index (χ4n) is 2.77. The predicted molar refractivity (Wildman–Crippen MR) is 123 cm³/mol. The van der Waals surface area contributed by atoms with Crippen molar-refractivity contribution in [3.63, 3.8) is 0 Å². The fraction of sp³-hybridized carbons (Fsp3) is 0.238. The van der Waals surface area contributed by atoms with Crippen molar-refractivity contribution in [2.75, 3.05) is 14.2 Å². The first-order valence-corrected chi connectivity index (χ1v) is 12.4. The Bertz CT molecular complexity index is 1270. The molecule has 0 saturated heterocycles. The molecule has 34 heavy (non-hydrogen) atoms. The molecule has 11 nitrogen and oxygen atoms in total. The third kappa shape index (κ3) is 6.65. The van der Waals surface area contributed by atoms with Crippen LogP contribution in [0.3, 0.4) is 0 Å². The molecule has 0 aliphatic heterocycles. The first-order chi connectivity index (χ1) is 16.2. The van der Waals surface area contributed by atoms with Gasteiger partial charge in [-0.25, -0.2) is 18.8 Å². The number of carbonyl (C=O) groups is 2. The van der Waals surface area contributed by atoms with E-state index in [4.69, 9.17) is 18.6 Å². The van der Waals surface area contributed by atoms with Crippen molar-refractivity contribution >= 4 is 39.3 Å². The maximum Gasteiger partial charge on any atom is 0.308 e. The van der Waals surface area contributed by atoms with Gasteiger partial charge in [0.05, 0.1) is 26.7 Å². The summed E-state index contributed by atoms with van der Waals surface area (Å²) in [7, 11) is -0.706. The molecule has 13 heteroatoms. The number of sulfone groups is 1. The molecule has 180 valence electrons. The summed E-state index contributed by atoms with van der Waals surface area (Å²) in [6, 6.07) is 6.27. The lowest BCUT2D eigenvalue weighted by Gasteiger charge is -2.13. The first-order valence-electron chi connectivity index (χ1n) is 9.66. The molecule has 0 spiro atoms. The van der Waals surface area contributed by atoms with Crippen molar-refractivity contribution in [1.82, 2.24) is 10.4 Å². The largest absolute Gasteiger partial charge is 0.493 e. The van der Waals surface area contributed by atoms with Crippen LogP contribution in [0.5, 0.6) is 17.2 Å². The van der Waals surface area contributed by atoms with Crippen LogP contribution in [-0.4, -0.2) is 45.7 Å². The number of esters is 1. The standard InChI is InChI=1S/C21H21N3O8S2/c1-13(25)32-20-17(29-2)7-14(8-18(20)30-3)9-22-24-21(26)16-10-33-19(23-16)12-34(27,28)11-15-5-4-6-31-15/h4-10H,11-12H2,1-3H3,(H,24,26). The normalized spacial score (nSPS) is 11.4. The van der Waals surface area contributed by atoms with E-state index in [0.29, 0.717) is 11.3 Å². The van der Waals surface area contributed by atoms with Crippen molar-refractivity contribution in [3.05, 3.63) is 57.9 Å². The Kier molecular flexibility index (Phi) is 8.02. The van der Waals surface area contributed by atoms with Crippen LogP contribution < -0.4 is 19.6 Å². The number of amides is 1. The smallest absolute Gasteiger partial charge is 0.308 e. The van der Waals surface area contributed by atoms with E-state index in [-0.39, 0.29) is 39.5 Å². The highest BCUT2D eigenvalue weighted by atomic mass is 32.2. The fourth-order valence-corrected chi connectivity index (χ4v) is 5.28. The lowest BCUT2D eigenvalue weighted by Crippen LogP contribution is -2.18. The van der Waals surface area contributed by atoms with E-state index in [0.717, 1.165) is 11.3 Å². The summed E-state index contributed by atoms with van der Waals surface area (Å²) in [5.74, 6) is -0.796. The second-order valence-corrected chi connectivity index (χ2v) is 9.79. The number of nitrogens with one attached hydrogen (secondary N) is 1. The minimum Gasteiger partial charge on any atom is -0.493 e. The Morgan fingerprint density at radius 1 is 1.21 bits per heavy atom. The highest BCUT2D eigenvalue weighted by Gasteiger charge is 2.19. The van der Waals surface area contributed by atoms with Crippen molar-refractivity contribution in [2.24, 2.45) is 5.10 Å². The molecule has 0 atom stereocenters. The Balaban J connectivity index is 1.65. The van der Waals surface area contributed by atoms with Crippen molar-refractivity contribution < 1.29 is 36.6 Å². The van der Waals surface area contributed by atoms with E-state index < -0.39 is 21.7 Å². The molecule has 0 radical (unpaired) electrons. The van der Waals surface area contributed by atoms with Crippen molar-refractivity contribution in [2.45, 2.75) is 18.4 Å². The third-order valence-corrected chi connectivity index (χ3v) is 6.65. The zero-order valence-corrected chi connectivity index (χ0v) is 20.1. The van der Waals surface area contributed by atoms with E-state index in [2.05, 4.69) is 15.5 Å². The van der Waals surface area contributed by atoms with E-state index in [1.54, 1.807) is 24.3 Å². The number of rotatable bonds is 10. The van der Waals surface area contributed by atoms with Gasteiger partial charge in [-0.1, -0.05) is 0 Å². The van der Waals surface area contributed by atoms with Crippen LogP contribution in [0.15, 0.2) is 45.4 Å². The van der Waals surface area contributed by atoms with E-state index in [9.17, 15) is 18.0 Å². The van der Waals surface area contributed by atoms with Gasteiger partial charge in [0.2, 0.25) is 5.75 Å². The highest BCUT2D eigenvalue weighted by molar-refractivity contribution is 7.89.